The molecule has 0 amide bonds. The van der Waals surface area contributed by atoms with Crippen molar-refractivity contribution in [3.63, 3.8) is 0 Å². The minimum Gasteiger partial charge on any atom is -0.306 e. The molecule has 1 heterocycles. The molecule has 1 saturated heterocycles. The van der Waals surface area contributed by atoms with E-state index >= 15 is 0 Å². The van der Waals surface area contributed by atoms with Gasteiger partial charge in [-0.1, -0.05) is 6.08 Å². The molecule has 0 aromatic carbocycles. The molecule has 1 rings (SSSR count). The van der Waals surface area contributed by atoms with Crippen molar-refractivity contribution < 1.29 is 19.3 Å². The largest absolute Gasteiger partial charge is 0.306 e. The number of nitriles is 1. The molecule has 1 fully saturated rings. The van der Waals surface area contributed by atoms with Crippen molar-refractivity contribution in [1.29, 1.82) is 5.26 Å². The first-order chi connectivity index (χ1) is 7.36. The lowest BCUT2D eigenvalue weighted by Gasteiger charge is -2.04. The average molecular weight is 211 g/mol. The van der Waals surface area contributed by atoms with Gasteiger partial charge < -0.3 is 4.74 Å². The molecule has 1 aliphatic rings. The van der Waals surface area contributed by atoms with Gasteiger partial charge in [0.25, 0.3) is 6.29 Å². The summed E-state index contributed by atoms with van der Waals surface area (Å²) in [5.41, 5.74) is 0. The Balaban J connectivity index is 1.99. The van der Waals surface area contributed by atoms with Gasteiger partial charge in [-0.25, -0.2) is 4.89 Å². The number of aldehydes is 1. The summed E-state index contributed by atoms with van der Waals surface area (Å²) in [6.07, 6.45) is 6.11. The molecule has 0 bridgehead atoms. The summed E-state index contributed by atoms with van der Waals surface area (Å²) in [7, 11) is 0. The van der Waals surface area contributed by atoms with Crippen LogP contribution in [0.3, 0.4) is 0 Å². The van der Waals surface area contributed by atoms with Crippen molar-refractivity contribution >= 4 is 6.29 Å². The molecule has 0 N–H and O–H groups in total. The van der Waals surface area contributed by atoms with E-state index in [4.69, 9.17) is 14.9 Å². The first-order valence-electron chi connectivity index (χ1n) is 4.84. The van der Waals surface area contributed by atoms with E-state index in [-0.39, 0.29) is 0 Å². The maximum Gasteiger partial charge on any atom is 0.281 e. The molecule has 2 atom stereocenters. The summed E-state index contributed by atoms with van der Waals surface area (Å²) in [6.45, 7) is 0. The van der Waals surface area contributed by atoms with Crippen LogP contribution in [0, 0.1) is 11.3 Å². The van der Waals surface area contributed by atoms with Crippen LogP contribution >= 0.6 is 0 Å². The first-order valence-corrected chi connectivity index (χ1v) is 4.84. The van der Waals surface area contributed by atoms with Gasteiger partial charge in [0, 0.05) is 6.42 Å². The number of hydrogen-bond acceptors (Lipinski definition) is 5. The van der Waals surface area contributed by atoms with Crippen molar-refractivity contribution in [3.8, 4) is 6.07 Å². The fourth-order valence-electron chi connectivity index (χ4n) is 1.19. The Morgan fingerprint density at radius 2 is 2.20 bits per heavy atom. The third-order valence-corrected chi connectivity index (χ3v) is 1.91. The number of nitrogens with zero attached hydrogens (tertiary/aromatic N) is 1. The molecule has 5 nitrogen and oxygen atoms in total. The van der Waals surface area contributed by atoms with Gasteiger partial charge in [0.1, 0.15) is 12.4 Å². The van der Waals surface area contributed by atoms with Crippen molar-refractivity contribution in [2.45, 2.75) is 38.3 Å². The fourth-order valence-corrected chi connectivity index (χ4v) is 1.19. The van der Waals surface area contributed by atoms with Crippen molar-refractivity contribution in [1.82, 2.24) is 0 Å². The van der Waals surface area contributed by atoms with Crippen LogP contribution in [0.4, 0.5) is 0 Å². The number of carbonyl (C=O) groups is 1. The number of hydrogen-bond donors (Lipinski definition) is 0. The first kappa shape index (κ1) is 11.9. The average Bonchev–Trinajstić information content (AvgIpc) is 2.71. The Kier molecular flexibility index (Phi) is 5.63. The second-order valence-electron chi connectivity index (χ2n) is 3.07. The third-order valence-electron chi connectivity index (χ3n) is 1.91. The molecule has 82 valence electrons. The van der Waals surface area contributed by atoms with E-state index in [1.807, 2.05) is 6.08 Å². The molecule has 1 aliphatic heterocycles. The maximum absolute atomic E-state index is 9.94. The molecule has 2 unspecified atom stereocenters. The standard InChI is InChI=1S/C10H13NO4/c11-8-10-13-9(14-15-10)6-4-2-1-3-5-7-12/h3,5,7,9-10H,1-2,4,6H2/b5-3-. The molecule has 0 spiro atoms. The Labute approximate surface area is 88.2 Å². The summed E-state index contributed by atoms with van der Waals surface area (Å²) < 4.78 is 5.06. The van der Waals surface area contributed by atoms with E-state index < -0.39 is 12.6 Å². The summed E-state index contributed by atoms with van der Waals surface area (Å²) in [4.78, 5) is 19.3. The summed E-state index contributed by atoms with van der Waals surface area (Å²) in [5, 5.41) is 8.43. The summed E-state index contributed by atoms with van der Waals surface area (Å²) in [6, 6.07) is 1.79. The molecule has 0 aliphatic carbocycles. The predicted octanol–water partition coefficient (Wildman–Crippen LogP) is 1.46. The van der Waals surface area contributed by atoms with Crippen LogP contribution in [0.5, 0.6) is 0 Å². The zero-order valence-corrected chi connectivity index (χ0v) is 8.30. The van der Waals surface area contributed by atoms with E-state index in [0.717, 1.165) is 25.5 Å². The number of rotatable bonds is 6. The van der Waals surface area contributed by atoms with Crippen LogP contribution in [-0.4, -0.2) is 18.9 Å². The monoisotopic (exact) mass is 211 g/mol. The molecular formula is C10H13NO4. The number of allylic oxidation sites excluding steroid dienone is 2. The van der Waals surface area contributed by atoms with Crippen molar-refractivity contribution in [3.05, 3.63) is 12.2 Å². The van der Waals surface area contributed by atoms with Crippen LogP contribution in [0.1, 0.15) is 25.7 Å². The Bertz CT molecular complexity index is 259. The van der Waals surface area contributed by atoms with E-state index in [1.165, 1.54) is 6.08 Å². The van der Waals surface area contributed by atoms with Crippen LogP contribution < -0.4 is 0 Å². The normalized spacial score (nSPS) is 25.5. The second kappa shape index (κ2) is 7.12. The van der Waals surface area contributed by atoms with Gasteiger partial charge in [-0.2, -0.15) is 10.1 Å². The molecule has 5 heteroatoms. The summed E-state index contributed by atoms with van der Waals surface area (Å²) >= 11 is 0. The fraction of sp³-hybridized carbons (Fsp3) is 0.600. The van der Waals surface area contributed by atoms with Gasteiger partial charge in [0.05, 0.1) is 0 Å². The van der Waals surface area contributed by atoms with Crippen molar-refractivity contribution in [2.24, 2.45) is 0 Å². The van der Waals surface area contributed by atoms with Crippen LogP contribution in [0.15, 0.2) is 12.2 Å². The Morgan fingerprint density at radius 3 is 2.87 bits per heavy atom. The van der Waals surface area contributed by atoms with Gasteiger partial charge in [-0.05, 0) is 25.3 Å². The highest BCUT2D eigenvalue weighted by atomic mass is 17.3. The number of ether oxygens (including phenoxy) is 1. The van der Waals surface area contributed by atoms with Gasteiger partial charge in [0.15, 0.2) is 6.29 Å². The molecule has 15 heavy (non-hydrogen) atoms. The Hall–Kier alpha value is -1.22. The van der Waals surface area contributed by atoms with Crippen LogP contribution in [0.2, 0.25) is 0 Å². The van der Waals surface area contributed by atoms with Crippen LogP contribution in [-0.2, 0) is 19.3 Å². The van der Waals surface area contributed by atoms with Gasteiger partial charge in [-0.15, -0.1) is 0 Å². The number of unbranched alkanes of at least 4 members (excludes halogenated alkanes) is 2. The summed E-state index contributed by atoms with van der Waals surface area (Å²) in [5.74, 6) is 0. The third kappa shape index (κ3) is 4.70. The van der Waals surface area contributed by atoms with Gasteiger partial charge in [-0.3, -0.25) is 4.79 Å². The molecule has 0 saturated carbocycles. The van der Waals surface area contributed by atoms with Gasteiger partial charge in [0.2, 0.25) is 0 Å². The topological polar surface area (TPSA) is 68.5 Å². The van der Waals surface area contributed by atoms with Gasteiger partial charge >= 0.3 is 0 Å². The smallest absolute Gasteiger partial charge is 0.281 e. The lowest BCUT2D eigenvalue weighted by molar-refractivity contribution is -0.288. The number of carbonyl (C=O) groups excluding carboxylic acids is 1. The van der Waals surface area contributed by atoms with E-state index in [2.05, 4.69) is 4.89 Å². The Morgan fingerprint density at radius 1 is 1.33 bits per heavy atom. The maximum atomic E-state index is 9.94. The van der Waals surface area contributed by atoms with Crippen molar-refractivity contribution in [2.75, 3.05) is 0 Å². The lowest BCUT2D eigenvalue weighted by Crippen LogP contribution is -2.09. The minimum atomic E-state index is -0.898. The van der Waals surface area contributed by atoms with Crippen LogP contribution in [0.25, 0.3) is 0 Å². The molecule has 0 aromatic rings. The molecule has 0 radical (unpaired) electrons. The highest BCUT2D eigenvalue weighted by Crippen LogP contribution is 2.18. The second-order valence-corrected chi connectivity index (χ2v) is 3.07. The molecular weight excluding hydrogens is 198 g/mol. The zero-order valence-electron chi connectivity index (χ0n) is 8.30. The lowest BCUT2D eigenvalue weighted by atomic mass is 10.2. The van der Waals surface area contributed by atoms with E-state index in [1.54, 1.807) is 6.07 Å². The zero-order chi connectivity index (χ0) is 10.9. The molecule has 0 aromatic heterocycles. The van der Waals surface area contributed by atoms with E-state index in [9.17, 15) is 4.79 Å². The predicted molar refractivity (Wildman–Crippen MR) is 50.1 cm³/mol. The SMILES string of the molecule is N#CC1OOC(CCCC/C=C\C=O)O1. The van der Waals surface area contributed by atoms with E-state index in [0.29, 0.717) is 6.42 Å². The highest BCUT2D eigenvalue weighted by molar-refractivity contribution is 5.64. The quantitative estimate of drug-likeness (QED) is 0.288. The highest BCUT2D eigenvalue weighted by Gasteiger charge is 2.26. The minimum absolute atomic E-state index is 0.440.